The quantitative estimate of drug-likeness (QED) is 0.445. The molecule has 1 aromatic rings. The van der Waals surface area contributed by atoms with E-state index in [4.69, 9.17) is 4.99 Å². The highest BCUT2D eigenvalue weighted by atomic mass is 32.2. The van der Waals surface area contributed by atoms with E-state index in [9.17, 15) is 14.9 Å². The number of amides is 1. The molecule has 1 amide bonds. The molecule has 1 saturated heterocycles. The summed E-state index contributed by atoms with van der Waals surface area (Å²) in [6, 6.07) is 6.41. The number of carbonyl (C=O) groups is 1. The molecule has 1 aliphatic heterocycles. The van der Waals surface area contributed by atoms with Gasteiger partial charge in [0.05, 0.1) is 17.0 Å². The van der Waals surface area contributed by atoms with Crippen LogP contribution in [0.4, 0.5) is 11.4 Å². The van der Waals surface area contributed by atoms with Gasteiger partial charge in [0.15, 0.2) is 5.17 Å². The highest BCUT2D eigenvalue weighted by Crippen LogP contribution is 2.33. The van der Waals surface area contributed by atoms with Crippen molar-refractivity contribution in [3.8, 4) is 0 Å². The van der Waals surface area contributed by atoms with Crippen molar-refractivity contribution in [1.29, 1.82) is 0 Å². The van der Waals surface area contributed by atoms with Gasteiger partial charge in [0.25, 0.3) is 5.69 Å². The van der Waals surface area contributed by atoms with Gasteiger partial charge in [-0.3, -0.25) is 19.9 Å². The van der Waals surface area contributed by atoms with Crippen molar-refractivity contribution in [2.45, 2.75) is 69.2 Å². The molecule has 28 heavy (non-hydrogen) atoms. The molecule has 8 heteroatoms. The maximum absolute atomic E-state index is 12.5. The van der Waals surface area contributed by atoms with E-state index < -0.39 is 4.92 Å². The number of aliphatic imine (C=N–C) groups is 1. The van der Waals surface area contributed by atoms with Crippen LogP contribution in [0.3, 0.4) is 0 Å². The number of nitrogens with zero attached hydrogens (tertiary/aromatic N) is 3. The summed E-state index contributed by atoms with van der Waals surface area (Å²) >= 11 is 1.76. The number of thioether (sulfide) groups is 1. The second-order valence-corrected chi connectivity index (χ2v) is 8.96. The minimum absolute atomic E-state index is 0.0120. The fourth-order valence-electron chi connectivity index (χ4n) is 3.82. The summed E-state index contributed by atoms with van der Waals surface area (Å²) in [5.74, 6) is -0.0890. The van der Waals surface area contributed by atoms with Crippen molar-refractivity contribution < 1.29 is 9.72 Å². The van der Waals surface area contributed by atoms with E-state index in [0.717, 1.165) is 18.0 Å². The zero-order valence-electron chi connectivity index (χ0n) is 16.5. The predicted octanol–water partition coefficient (Wildman–Crippen LogP) is 4.44. The molecule has 2 fully saturated rings. The third kappa shape index (κ3) is 5.25. The van der Waals surface area contributed by atoms with Gasteiger partial charge in [-0.25, -0.2) is 0 Å². The maximum atomic E-state index is 12.5. The first kappa shape index (κ1) is 20.6. The van der Waals surface area contributed by atoms with Gasteiger partial charge >= 0.3 is 0 Å². The molecule has 2 aliphatic rings. The Morgan fingerprint density at radius 3 is 2.50 bits per heavy atom. The van der Waals surface area contributed by atoms with Crippen LogP contribution in [0.15, 0.2) is 29.3 Å². The van der Waals surface area contributed by atoms with Crippen LogP contribution >= 0.6 is 11.8 Å². The normalized spacial score (nSPS) is 24.9. The molecule has 3 rings (SSSR count). The molecule has 2 unspecified atom stereocenters. The number of amidine groups is 1. The monoisotopic (exact) mass is 404 g/mol. The molecule has 0 bridgehead atoms. The number of non-ortho nitro benzene ring substituents is 1. The molecule has 1 aromatic carbocycles. The van der Waals surface area contributed by atoms with E-state index in [0.29, 0.717) is 18.2 Å². The van der Waals surface area contributed by atoms with Crippen LogP contribution in [-0.2, 0) is 4.79 Å². The van der Waals surface area contributed by atoms with Crippen molar-refractivity contribution in [3.63, 3.8) is 0 Å². The number of carbonyl (C=O) groups excluding carboxylic acids is 1. The molecule has 2 atom stereocenters. The molecule has 1 saturated carbocycles. The van der Waals surface area contributed by atoms with Crippen molar-refractivity contribution in [2.75, 3.05) is 12.4 Å². The van der Waals surface area contributed by atoms with Gasteiger partial charge < -0.3 is 10.2 Å². The number of hydrogen-bond acceptors (Lipinski definition) is 5. The van der Waals surface area contributed by atoms with E-state index in [-0.39, 0.29) is 22.9 Å². The summed E-state index contributed by atoms with van der Waals surface area (Å²) in [7, 11) is 2.02. The van der Waals surface area contributed by atoms with E-state index >= 15 is 0 Å². The van der Waals surface area contributed by atoms with E-state index in [2.05, 4.69) is 17.1 Å². The van der Waals surface area contributed by atoms with Gasteiger partial charge in [-0.15, -0.1) is 0 Å². The molecule has 0 spiro atoms. The van der Waals surface area contributed by atoms with Crippen molar-refractivity contribution >= 4 is 34.2 Å². The van der Waals surface area contributed by atoms with Crippen molar-refractivity contribution in [3.05, 3.63) is 34.4 Å². The van der Waals surface area contributed by atoms with Crippen LogP contribution in [0.5, 0.6) is 0 Å². The first-order chi connectivity index (χ1) is 13.4. The van der Waals surface area contributed by atoms with Gasteiger partial charge in [-0.2, -0.15) is 0 Å². The fraction of sp³-hybridized carbons (Fsp3) is 0.600. The van der Waals surface area contributed by atoms with Gasteiger partial charge in [0.1, 0.15) is 0 Å². The third-order valence-electron chi connectivity index (χ3n) is 5.51. The summed E-state index contributed by atoms with van der Waals surface area (Å²) < 4.78 is 0. The summed E-state index contributed by atoms with van der Waals surface area (Å²) in [6.45, 7) is 2.14. The average molecular weight is 405 g/mol. The molecule has 0 aromatic heterocycles. The number of nitro benzene ring substituents is 1. The Morgan fingerprint density at radius 1 is 1.25 bits per heavy atom. The number of nitro groups is 1. The molecule has 1 N–H and O–H groups in total. The number of nitrogens with one attached hydrogen (secondary N) is 1. The van der Waals surface area contributed by atoms with Gasteiger partial charge in [0, 0.05) is 36.5 Å². The molecule has 0 radical (unpaired) electrons. The molecule has 1 heterocycles. The standard InChI is InChI=1S/C20H28N4O3S/c1-14-18(13-19(25)21-16-9-11-17(12-10-16)24(26)27)23(2)20(28-14)22-15-7-5-3-4-6-8-15/h9-12,14-15,18H,3-8,13H2,1-2H3,(H,21,25). The van der Waals surface area contributed by atoms with E-state index in [1.54, 1.807) is 23.9 Å². The van der Waals surface area contributed by atoms with Crippen LogP contribution in [-0.4, -0.2) is 45.3 Å². The minimum Gasteiger partial charge on any atom is -0.350 e. The van der Waals surface area contributed by atoms with E-state index in [1.165, 1.54) is 37.8 Å². The second-order valence-electron chi connectivity index (χ2n) is 7.61. The lowest BCUT2D eigenvalue weighted by molar-refractivity contribution is -0.384. The predicted molar refractivity (Wildman–Crippen MR) is 114 cm³/mol. The summed E-state index contributed by atoms with van der Waals surface area (Å²) in [4.78, 5) is 29.9. The first-order valence-electron chi connectivity index (χ1n) is 9.95. The lowest BCUT2D eigenvalue weighted by Gasteiger charge is -2.23. The lowest BCUT2D eigenvalue weighted by Crippen LogP contribution is -2.36. The molecule has 1 aliphatic carbocycles. The number of anilines is 1. The molecular formula is C20H28N4O3S. The zero-order valence-corrected chi connectivity index (χ0v) is 17.3. The van der Waals surface area contributed by atoms with Crippen LogP contribution in [0.2, 0.25) is 0 Å². The lowest BCUT2D eigenvalue weighted by atomic mass is 10.1. The second kappa shape index (κ2) is 9.41. The molecule has 7 nitrogen and oxygen atoms in total. The SMILES string of the molecule is CC1SC(=NC2CCCCCC2)N(C)C1CC(=O)Nc1ccc([N+](=O)[O-])cc1. The first-order valence-corrected chi connectivity index (χ1v) is 10.8. The largest absolute Gasteiger partial charge is 0.350 e. The van der Waals surface area contributed by atoms with Crippen molar-refractivity contribution in [2.24, 2.45) is 4.99 Å². The Hall–Kier alpha value is -2.09. The van der Waals surface area contributed by atoms with Crippen LogP contribution in [0, 0.1) is 10.1 Å². The topological polar surface area (TPSA) is 87.8 Å². The number of benzene rings is 1. The van der Waals surface area contributed by atoms with Gasteiger partial charge in [0.2, 0.25) is 5.91 Å². The fourth-order valence-corrected chi connectivity index (χ4v) is 5.10. The number of rotatable bonds is 5. The highest BCUT2D eigenvalue weighted by molar-refractivity contribution is 8.14. The maximum Gasteiger partial charge on any atom is 0.269 e. The number of hydrogen-bond donors (Lipinski definition) is 1. The van der Waals surface area contributed by atoms with Crippen molar-refractivity contribution in [1.82, 2.24) is 4.90 Å². The summed E-state index contributed by atoms with van der Waals surface area (Å²) in [5.41, 5.74) is 0.585. The average Bonchev–Trinajstić information content (AvgIpc) is 2.85. The third-order valence-corrected chi connectivity index (χ3v) is 6.80. The Balaban J connectivity index is 1.58. The summed E-state index contributed by atoms with van der Waals surface area (Å²) in [6.07, 6.45) is 7.83. The Labute approximate surface area is 170 Å². The Kier molecular flexibility index (Phi) is 6.93. The van der Waals surface area contributed by atoms with Gasteiger partial charge in [-0.1, -0.05) is 44.4 Å². The highest BCUT2D eigenvalue weighted by Gasteiger charge is 2.35. The van der Waals surface area contributed by atoms with Gasteiger partial charge in [-0.05, 0) is 25.0 Å². The van der Waals surface area contributed by atoms with Crippen LogP contribution in [0.25, 0.3) is 0 Å². The van der Waals surface area contributed by atoms with Crippen LogP contribution < -0.4 is 5.32 Å². The summed E-state index contributed by atoms with van der Waals surface area (Å²) in [5, 5.41) is 14.9. The molecular weight excluding hydrogens is 376 g/mol. The zero-order chi connectivity index (χ0) is 20.1. The minimum atomic E-state index is -0.451. The Morgan fingerprint density at radius 2 is 1.89 bits per heavy atom. The smallest absolute Gasteiger partial charge is 0.269 e. The molecule has 152 valence electrons. The Bertz CT molecular complexity index is 729. The van der Waals surface area contributed by atoms with E-state index in [1.807, 2.05) is 7.05 Å². The van der Waals surface area contributed by atoms with Crippen LogP contribution in [0.1, 0.15) is 51.9 Å².